The molecule has 1 aromatic carbocycles. The highest BCUT2D eigenvalue weighted by Gasteiger charge is 2.16. The number of nitrogens with one attached hydrogen (secondary N) is 1. The van der Waals surface area contributed by atoms with E-state index >= 15 is 0 Å². The average molecular weight is 218 g/mol. The lowest BCUT2D eigenvalue weighted by molar-refractivity contribution is 0.210. The molecule has 0 radical (unpaired) electrons. The fraction of sp³-hybridized carbons (Fsp3) is 0.462. The summed E-state index contributed by atoms with van der Waals surface area (Å²) < 4.78 is 5.88. The summed E-state index contributed by atoms with van der Waals surface area (Å²) in [6, 6.07) is 5.74. The molecule has 0 saturated heterocycles. The molecule has 0 amide bonds. The van der Waals surface area contributed by atoms with Gasteiger partial charge >= 0.3 is 0 Å². The second kappa shape index (κ2) is 4.56. The number of benzene rings is 1. The van der Waals surface area contributed by atoms with Crippen molar-refractivity contribution in [2.75, 3.05) is 0 Å². The van der Waals surface area contributed by atoms with Crippen LogP contribution in [0.4, 0.5) is 0 Å². The number of nitrogens with two attached hydrogens (primary N) is 1. The van der Waals surface area contributed by atoms with Crippen molar-refractivity contribution in [2.24, 2.45) is 5.73 Å². The van der Waals surface area contributed by atoms with Crippen molar-refractivity contribution in [3.8, 4) is 5.75 Å². The summed E-state index contributed by atoms with van der Waals surface area (Å²) in [5.41, 5.74) is 7.26. The third-order valence-electron chi connectivity index (χ3n) is 3.09. The minimum Gasteiger partial charge on any atom is -0.490 e. The highest BCUT2D eigenvalue weighted by atomic mass is 16.5. The van der Waals surface area contributed by atoms with Crippen molar-refractivity contribution in [1.82, 2.24) is 0 Å². The summed E-state index contributed by atoms with van der Waals surface area (Å²) in [4.78, 5) is 0. The number of ether oxygens (including phenoxy) is 1. The number of nitrogen functional groups attached to an aromatic ring is 1. The fourth-order valence-electron chi connectivity index (χ4n) is 2.21. The quantitative estimate of drug-likeness (QED) is 0.605. The SMILES string of the molecule is Cc1cc(OC2CCCC2)ccc1C(=N)N. The highest BCUT2D eigenvalue weighted by Crippen LogP contribution is 2.25. The van der Waals surface area contributed by atoms with Crippen LogP contribution in [0.5, 0.6) is 5.75 Å². The van der Waals surface area contributed by atoms with E-state index in [0.717, 1.165) is 29.7 Å². The summed E-state index contributed by atoms with van der Waals surface area (Å²) in [7, 11) is 0. The number of hydrogen-bond acceptors (Lipinski definition) is 2. The second-order valence-corrected chi connectivity index (χ2v) is 4.41. The molecule has 3 heteroatoms. The zero-order valence-electron chi connectivity index (χ0n) is 9.62. The number of rotatable bonds is 3. The van der Waals surface area contributed by atoms with Gasteiger partial charge in [-0.25, -0.2) is 0 Å². The van der Waals surface area contributed by atoms with Gasteiger partial charge in [-0.2, -0.15) is 0 Å². The molecular formula is C13H18N2O. The van der Waals surface area contributed by atoms with Crippen LogP contribution in [0.15, 0.2) is 18.2 Å². The van der Waals surface area contributed by atoms with Gasteiger partial charge in [-0.15, -0.1) is 0 Å². The van der Waals surface area contributed by atoms with Gasteiger partial charge in [0, 0.05) is 5.56 Å². The molecule has 0 bridgehead atoms. The van der Waals surface area contributed by atoms with E-state index in [1.165, 1.54) is 12.8 Å². The maximum atomic E-state index is 7.41. The van der Waals surface area contributed by atoms with E-state index in [-0.39, 0.29) is 5.84 Å². The minimum atomic E-state index is 0.116. The lowest BCUT2D eigenvalue weighted by Crippen LogP contribution is -2.14. The van der Waals surface area contributed by atoms with Crippen LogP contribution in [-0.4, -0.2) is 11.9 Å². The van der Waals surface area contributed by atoms with Gasteiger partial charge in [0.2, 0.25) is 0 Å². The Morgan fingerprint density at radius 3 is 2.62 bits per heavy atom. The Kier molecular flexibility index (Phi) is 3.13. The molecule has 0 unspecified atom stereocenters. The van der Waals surface area contributed by atoms with Crippen LogP contribution in [-0.2, 0) is 0 Å². The summed E-state index contributed by atoms with van der Waals surface area (Å²) in [6.07, 6.45) is 5.24. The summed E-state index contributed by atoms with van der Waals surface area (Å²) in [5.74, 6) is 1.01. The molecule has 0 atom stereocenters. The standard InChI is InChI=1S/C13H18N2O/c1-9-8-11(6-7-12(9)13(14)15)16-10-4-2-3-5-10/h6-8,10H,2-5H2,1H3,(H3,14,15). The molecule has 1 aromatic rings. The summed E-state index contributed by atoms with van der Waals surface area (Å²) in [6.45, 7) is 1.96. The van der Waals surface area contributed by atoms with E-state index in [2.05, 4.69) is 0 Å². The lowest BCUT2D eigenvalue weighted by atomic mass is 10.1. The van der Waals surface area contributed by atoms with Gasteiger partial charge in [0.25, 0.3) is 0 Å². The van der Waals surface area contributed by atoms with E-state index in [9.17, 15) is 0 Å². The van der Waals surface area contributed by atoms with Crippen LogP contribution in [0.3, 0.4) is 0 Å². The van der Waals surface area contributed by atoms with Crippen LogP contribution in [0.2, 0.25) is 0 Å². The summed E-state index contributed by atoms with van der Waals surface area (Å²) in [5, 5.41) is 7.41. The molecule has 0 aromatic heterocycles. The van der Waals surface area contributed by atoms with Gasteiger partial charge in [0.05, 0.1) is 6.10 Å². The molecular weight excluding hydrogens is 200 g/mol. The van der Waals surface area contributed by atoms with Crippen molar-refractivity contribution in [3.05, 3.63) is 29.3 Å². The molecule has 1 aliphatic carbocycles. The molecule has 0 spiro atoms. The van der Waals surface area contributed by atoms with Gasteiger partial charge < -0.3 is 10.5 Å². The second-order valence-electron chi connectivity index (χ2n) is 4.41. The van der Waals surface area contributed by atoms with Crippen LogP contribution in [0.25, 0.3) is 0 Å². The van der Waals surface area contributed by atoms with Gasteiger partial charge in [-0.05, 0) is 56.4 Å². The van der Waals surface area contributed by atoms with Crippen molar-refractivity contribution in [1.29, 1.82) is 5.41 Å². The van der Waals surface area contributed by atoms with E-state index < -0.39 is 0 Å². The first-order valence-corrected chi connectivity index (χ1v) is 5.78. The first-order chi connectivity index (χ1) is 7.66. The largest absolute Gasteiger partial charge is 0.490 e. The molecule has 0 aliphatic heterocycles. The van der Waals surface area contributed by atoms with E-state index in [0.29, 0.717) is 6.10 Å². The fourth-order valence-corrected chi connectivity index (χ4v) is 2.21. The third kappa shape index (κ3) is 2.35. The predicted molar refractivity (Wildman–Crippen MR) is 65.1 cm³/mol. The molecule has 3 N–H and O–H groups in total. The van der Waals surface area contributed by atoms with Crippen molar-refractivity contribution in [2.45, 2.75) is 38.7 Å². The first-order valence-electron chi connectivity index (χ1n) is 5.78. The highest BCUT2D eigenvalue weighted by molar-refractivity contribution is 5.96. The van der Waals surface area contributed by atoms with Gasteiger partial charge in [0.1, 0.15) is 11.6 Å². The molecule has 1 saturated carbocycles. The van der Waals surface area contributed by atoms with Crippen LogP contribution in [0, 0.1) is 12.3 Å². The molecule has 1 aliphatic rings. The Hall–Kier alpha value is -1.51. The first kappa shape index (κ1) is 11.0. The van der Waals surface area contributed by atoms with Crippen LogP contribution in [0.1, 0.15) is 36.8 Å². The zero-order chi connectivity index (χ0) is 11.5. The smallest absolute Gasteiger partial charge is 0.123 e. The van der Waals surface area contributed by atoms with E-state index in [4.69, 9.17) is 15.9 Å². The van der Waals surface area contributed by atoms with Gasteiger partial charge in [-0.3, -0.25) is 5.41 Å². The van der Waals surface area contributed by atoms with Gasteiger partial charge in [0.15, 0.2) is 0 Å². The summed E-state index contributed by atoms with van der Waals surface area (Å²) >= 11 is 0. The van der Waals surface area contributed by atoms with Crippen molar-refractivity contribution < 1.29 is 4.74 Å². The maximum absolute atomic E-state index is 7.41. The average Bonchev–Trinajstić information content (AvgIpc) is 2.70. The topological polar surface area (TPSA) is 59.1 Å². The Labute approximate surface area is 96.1 Å². The number of hydrogen-bond donors (Lipinski definition) is 2. The predicted octanol–water partition coefficient (Wildman–Crippen LogP) is 2.60. The molecule has 2 rings (SSSR count). The molecule has 16 heavy (non-hydrogen) atoms. The van der Waals surface area contributed by atoms with E-state index in [1.807, 2.05) is 25.1 Å². The Morgan fingerprint density at radius 1 is 1.38 bits per heavy atom. The normalized spacial score (nSPS) is 16.3. The third-order valence-corrected chi connectivity index (χ3v) is 3.09. The molecule has 1 fully saturated rings. The van der Waals surface area contributed by atoms with Crippen LogP contribution < -0.4 is 10.5 Å². The lowest BCUT2D eigenvalue weighted by Gasteiger charge is -2.14. The molecule has 86 valence electrons. The van der Waals surface area contributed by atoms with E-state index in [1.54, 1.807) is 0 Å². The minimum absolute atomic E-state index is 0.116. The van der Waals surface area contributed by atoms with Gasteiger partial charge in [-0.1, -0.05) is 0 Å². The Bertz CT molecular complexity index is 395. The number of aryl methyl sites for hydroxylation is 1. The molecule has 3 nitrogen and oxygen atoms in total. The maximum Gasteiger partial charge on any atom is 0.123 e. The Morgan fingerprint density at radius 2 is 2.06 bits per heavy atom. The van der Waals surface area contributed by atoms with Crippen molar-refractivity contribution in [3.63, 3.8) is 0 Å². The van der Waals surface area contributed by atoms with Crippen molar-refractivity contribution >= 4 is 5.84 Å². The van der Waals surface area contributed by atoms with Crippen LogP contribution >= 0.6 is 0 Å². The molecule has 0 heterocycles. The number of amidine groups is 1. The zero-order valence-corrected chi connectivity index (χ0v) is 9.62. The monoisotopic (exact) mass is 218 g/mol. The Balaban J connectivity index is 2.11.